The molecule has 1 amide bonds. The summed E-state index contributed by atoms with van der Waals surface area (Å²) in [5, 5.41) is 2.91. The van der Waals surface area contributed by atoms with E-state index in [4.69, 9.17) is 0 Å². The van der Waals surface area contributed by atoms with Crippen LogP contribution in [0.4, 0.5) is 5.69 Å². The molecule has 0 atom stereocenters. The highest BCUT2D eigenvalue weighted by Crippen LogP contribution is 2.34. The first-order valence-corrected chi connectivity index (χ1v) is 7.89. The minimum Gasteiger partial charge on any atom is -0.373 e. The number of hydrogen-bond donors (Lipinski definition) is 1. The molecule has 1 aliphatic heterocycles. The number of rotatable bonds is 3. The average Bonchev–Trinajstić information content (AvgIpc) is 2.54. The fourth-order valence-corrected chi connectivity index (χ4v) is 3.38. The maximum Gasteiger partial charge on any atom is 0.251 e. The molecule has 0 saturated carbocycles. The van der Waals surface area contributed by atoms with Crippen molar-refractivity contribution in [1.29, 1.82) is 0 Å². The number of anilines is 1. The zero-order valence-electron chi connectivity index (χ0n) is 11.9. The number of amides is 1. The summed E-state index contributed by atoms with van der Waals surface area (Å²) >= 11 is 1.84. The highest BCUT2D eigenvalue weighted by molar-refractivity contribution is 7.99. The Balaban J connectivity index is 1.72. The van der Waals surface area contributed by atoms with Crippen molar-refractivity contribution in [2.45, 2.75) is 11.4 Å². The van der Waals surface area contributed by atoms with Gasteiger partial charge in [0.2, 0.25) is 0 Å². The first-order valence-electron chi connectivity index (χ1n) is 6.90. The highest BCUT2D eigenvalue weighted by atomic mass is 32.2. The van der Waals surface area contributed by atoms with Crippen molar-refractivity contribution in [3.05, 3.63) is 53.9 Å². The van der Waals surface area contributed by atoms with E-state index in [2.05, 4.69) is 22.2 Å². The van der Waals surface area contributed by atoms with Gasteiger partial charge in [-0.05, 0) is 30.3 Å². The SMILES string of the molecule is CN1CCSc2ccc(C(=O)NCc3ccccn3)cc21. The fourth-order valence-electron chi connectivity index (χ4n) is 2.27. The molecule has 1 N–H and O–H groups in total. The largest absolute Gasteiger partial charge is 0.373 e. The molecule has 5 heteroatoms. The normalized spacial score (nSPS) is 13.7. The van der Waals surface area contributed by atoms with Crippen LogP contribution in [0.2, 0.25) is 0 Å². The molecule has 108 valence electrons. The summed E-state index contributed by atoms with van der Waals surface area (Å²) in [5.74, 6) is 1.03. The predicted octanol–water partition coefficient (Wildman–Crippen LogP) is 2.55. The lowest BCUT2D eigenvalue weighted by molar-refractivity contribution is 0.0950. The van der Waals surface area contributed by atoms with E-state index >= 15 is 0 Å². The molecular formula is C16H17N3OS. The summed E-state index contributed by atoms with van der Waals surface area (Å²) in [5.41, 5.74) is 2.69. The van der Waals surface area contributed by atoms with Crippen LogP contribution in [0.3, 0.4) is 0 Å². The molecule has 0 bridgehead atoms. The van der Waals surface area contributed by atoms with Crippen molar-refractivity contribution in [2.75, 3.05) is 24.2 Å². The van der Waals surface area contributed by atoms with E-state index in [9.17, 15) is 4.79 Å². The van der Waals surface area contributed by atoms with Crippen molar-refractivity contribution in [2.24, 2.45) is 0 Å². The van der Waals surface area contributed by atoms with Crippen LogP contribution in [0, 0.1) is 0 Å². The minimum absolute atomic E-state index is 0.0626. The predicted molar refractivity (Wildman–Crippen MR) is 85.8 cm³/mol. The molecule has 21 heavy (non-hydrogen) atoms. The molecule has 2 heterocycles. The number of hydrogen-bond acceptors (Lipinski definition) is 4. The van der Waals surface area contributed by atoms with Gasteiger partial charge in [0.25, 0.3) is 5.91 Å². The molecule has 0 saturated heterocycles. The van der Waals surface area contributed by atoms with Crippen LogP contribution < -0.4 is 10.2 Å². The van der Waals surface area contributed by atoms with Gasteiger partial charge in [-0.1, -0.05) is 6.07 Å². The zero-order valence-corrected chi connectivity index (χ0v) is 12.7. The summed E-state index contributed by atoms with van der Waals surface area (Å²) < 4.78 is 0. The van der Waals surface area contributed by atoms with E-state index in [0.717, 1.165) is 23.7 Å². The van der Waals surface area contributed by atoms with Gasteiger partial charge in [-0.2, -0.15) is 0 Å². The number of benzene rings is 1. The van der Waals surface area contributed by atoms with Crippen LogP contribution in [0.1, 0.15) is 16.1 Å². The molecule has 4 nitrogen and oxygen atoms in total. The van der Waals surface area contributed by atoms with E-state index in [1.165, 1.54) is 4.90 Å². The zero-order chi connectivity index (χ0) is 14.7. The molecule has 0 radical (unpaired) electrons. The average molecular weight is 299 g/mol. The Kier molecular flexibility index (Phi) is 4.10. The second kappa shape index (κ2) is 6.18. The molecule has 0 aliphatic carbocycles. The van der Waals surface area contributed by atoms with Crippen molar-refractivity contribution >= 4 is 23.4 Å². The summed E-state index contributed by atoms with van der Waals surface area (Å²) in [4.78, 5) is 19.9. The van der Waals surface area contributed by atoms with E-state index < -0.39 is 0 Å². The molecule has 0 fully saturated rings. The van der Waals surface area contributed by atoms with Crippen LogP contribution >= 0.6 is 11.8 Å². The number of aromatic nitrogens is 1. The molecule has 1 aromatic heterocycles. The number of nitrogens with one attached hydrogen (secondary N) is 1. The van der Waals surface area contributed by atoms with Gasteiger partial charge in [0.1, 0.15) is 0 Å². The monoisotopic (exact) mass is 299 g/mol. The lowest BCUT2D eigenvalue weighted by Gasteiger charge is -2.27. The summed E-state index contributed by atoms with van der Waals surface area (Å²) in [6.45, 7) is 1.46. The summed E-state index contributed by atoms with van der Waals surface area (Å²) in [6, 6.07) is 11.6. The molecule has 2 aromatic rings. The molecule has 0 spiro atoms. The Morgan fingerprint density at radius 3 is 3.10 bits per heavy atom. The molecular weight excluding hydrogens is 282 g/mol. The smallest absolute Gasteiger partial charge is 0.251 e. The van der Waals surface area contributed by atoms with Gasteiger partial charge >= 0.3 is 0 Å². The lowest BCUT2D eigenvalue weighted by atomic mass is 10.1. The topological polar surface area (TPSA) is 45.2 Å². The second-order valence-electron chi connectivity index (χ2n) is 4.96. The van der Waals surface area contributed by atoms with Gasteiger partial charge in [0, 0.05) is 36.0 Å². The van der Waals surface area contributed by atoms with Crippen molar-refractivity contribution in [1.82, 2.24) is 10.3 Å². The maximum atomic E-state index is 12.2. The van der Waals surface area contributed by atoms with Crippen LogP contribution in [-0.4, -0.2) is 30.2 Å². The van der Waals surface area contributed by atoms with Gasteiger partial charge in [-0.25, -0.2) is 0 Å². The Morgan fingerprint density at radius 1 is 1.38 bits per heavy atom. The van der Waals surface area contributed by atoms with Crippen molar-refractivity contribution in [3.8, 4) is 0 Å². The van der Waals surface area contributed by atoms with E-state index in [1.54, 1.807) is 6.20 Å². The third-order valence-corrected chi connectivity index (χ3v) is 4.52. The Bertz CT molecular complexity index is 645. The second-order valence-corrected chi connectivity index (χ2v) is 6.09. The first kappa shape index (κ1) is 13.9. The fraction of sp³-hybridized carbons (Fsp3) is 0.250. The number of carbonyl (C=O) groups excluding carboxylic acids is 1. The Hall–Kier alpha value is -2.01. The van der Waals surface area contributed by atoms with Gasteiger partial charge in [-0.15, -0.1) is 11.8 Å². The van der Waals surface area contributed by atoms with E-state index in [1.807, 2.05) is 48.2 Å². The number of carbonyl (C=O) groups is 1. The van der Waals surface area contributed by atoms with Gasteiger partial charge < -0.3 is 10.2 Å². The highest BCUT2D eigenvalue weighted by Gasteiger charge is 2.16. The third-order valence-electron chi connectivity index (χ3n) is 3.47. The Labute approximate surface area is 128 Å². The summed E-state index contributed by atoms with van der Waals surface area (Å²) in [7, 11) is 2.06. The minimum atomic E-state index is -0.0626. The quantitative estimate of drug-likeness (QED) is 0.946. The number of thioether (sulfide) groups is 1. The van der Waals surface area contributed by atoms with Gasteiger partial charge in [0.05, 0.1) is 17.9 Å². The van der Waals surface area contributed by atoms with Crippen molar-refractivity contribution in [3.63, 3.8) is 0 Å². The number of fused-ring (bicyclic) bond motifs is 1. The lowest BCUT2D eigenvalue weighted by Crippen LogP contribution is -2.26. The Morgan fingerprint density at radius 2 is 2.29 bits per heavy atom. The molecule has 1 aromatic carbocycles. The summed E-state index contributed by atoms with van der Waals surface area (Å²) in [6.07, 6.45) is 1.73. The van der Waals surface area contributed by atoms with Crippen LogP contribution in [0.25, 0.3) is 0 Å². The van der Waals surface area contributed by atoms with Crippen molar-refractivity contribution < 1.29 is 4.79 Å². The standard InChI is InChI=1S/C16H17N3OS/c1-19-8-9-21-15-6-5-12(10-14(15)19)16(20)18-11-13-4-2-3-7-17-13/h2-7,10H,8-9,11H2,1H3,(H,18,20). The van der Waals surface area contributed by atoms with E-state index in [-0.39, 0.29) is 5.91 Å². The van der Waals surface area contributed by atoms with Crippen LogP contribution in [0.15, 0.2) is 47.5 Å². The number of pyridine rings is 1. The van der Waals surface area contributed by atoms with E-state index in [0.29, 0.717) is 12.1 Å². The van der Waals surface area contributed by atoms with Gasteiger partial charge in [-0.3, -0.25) is 9.78 Å². The first-order chi connectivity index (χ1) is 10.2. The molecule has 3 rings (SSSR count). The maximum absolute atomic E-state index is 12.2. The number of nitrogens with zero attached hydrogens (tertiary/aromatic N) is 2. The molecule has 1 aliphatic rings. The van der Waals surface area contributed by atoms with Gasteiger partial charge in [0.15, 0.2) is 0 Å². The molecule has 0 unspecified atom stereocenters. The van der Waals surface area contributed by atoms with Crippen LogP contribution in [-0.2, 0) is 6.54 Å². The third kappa shape index (κ3) is 3.19. The van der Waals surface area contributed by atoms with Crippen LogP contribution in [0.5, 0.6) is 0 Å².